The Bertz CT molecular complexity index is 346. The van der Waals surface area contributed by atoms with Gasteiger partial charge in [-0.1, -0.05) is 13.8 Å². The lowest BCUT2D eigenvalue weighted by atomic mass is 10.0. The summed E-state index contributed by atoms with van der Waals surface area (Å²) in [5, 5.41) is 3.25. The molecule has 0 spiro atoms. The molecule has 90 valence electrons. The van der Waals surface area contributed by atoms with Gasteiger partial charge in [0.2, 0.25) is 0 Å². The van der Waals surface area contributed by atoms with E-state index >= 15 is 0 Å². The Morgan fingerprint density at radius 2 is 2.25 bits per heavy atom. The van der Waals surface area contributed by atoms with E-state index in [0.29, 0.717) is 12.0 Å². The quantitative estimate of drug-likeness (QED) is 0.882. The van der Waals surface area contributed by atoms with Crippen molar-refractivity contribution < 1.29 is 0 Å². The van der Waals surface area contributed by atoms with Gasteiger partial charge in [0.15, 0.2) is 5.13 Å². The first kappa shape index (κ1) is 11.9. The van der Waals surface area contributed by atoms with Gasteiger partial charge in [0.05, 0.1) is 5.69 Å². The number of aromatic nitrogens is 1. The van der Waals surface area contributed by atoms with Crippen LogP contribution in [0.25, 0.3) is 0 Å². The maximum atomic E-state index is 5.85. The highest BCUT2D eigenvalue weighted by Crippen LogP contribution is 2.32. The molecule has 2 rings (SSSR count). The second-order valence-electron chi connectivity index (χ2n) is 4.99. The third-order valence-electron chi connectivity index (χ3n) is 3.29. The highest BCUT2D eigenvalue weighted by Gasteiger charge is 2.29. The minimum Gasteiger partial charge on any atom is -0.345 e. The summed E-state index contributed by atoms with van der Waals surface area (Å²) in [6, 6.07) is 0.706. The molecule has 1 aromatic rings. The van der Waals surface area contributed by atoms with Gasteiger partial charge in [0.25, 0.3) is 0 Å². The largest absolute Gasteiger partial charge is 0.345 e. The molecule has 0 aromatic carbocycles. The van der Waals surface area contributed by atoms with E-state index in [1.165, 1.54) is 12.8 Å². The normalized spacial score (nSPS) is 23.1. The van der Waals surface area contributed by atoms with E-state index < -0.39 is 0 Å². The molecule has 2 heterocycles. The van der Waals surface area contributed by atoms with Crippen LogP contribution in [0, 0.1) is 5.92 Å². The first-order chi connectivity index (χ1) is 7.59. The predicted octanol–water partition coefficient (Wildman–Crippen LogP) is 2.79. The molecular weight excluding hydrogens is 218 g/mol. The van der Waals surface area contributed by atoms with Gasteiger partial charge in [0, 0.05) is 24.0 Å². The number of anilines is 1. The van der Waals surface area contributed by atoms with Crippen LogP contribution in [0.2, 0.25) is 0 Å². The molecule has 1 saturated heterocycles. The van der Waals surface area contributed by atoms with Crippen LogP contribution in [-0.4, -0.2) is 17.6 Å². The Morgan fingerprint density at radius 3 is 2.81 bits per heavy atom. The van der Waals surface area contributed by atoms with Crippen LogP contribution in [0.3, 0.4) is 0 Å². The van der Waals surface area contributed by atoms with Gasteiger partial charge in [0.1, 0.15) is 0 Å². The summed E-state index contributed by atoms with van der Waals surface area (Å²) in [5.74, 6) is 0.699. The lowest BCUT2D eigenvalue weighted by molar-refractivity contribution is 0.491. The zero-order chi connectivity index (χ0) is 11.7. The van der Waals surface area contributed by atoms with Gasteiger partial charge < -0.3 is 10.6 Å². The molecule has 0 bridgehead atoms. The lowest BCUT2D eigenvalue weighted by Crippen LogP contribution is -2.33. The van der Waals surface area contributed by atoms with E-state index in [4.69, 9.17) is 5.73 Å². The van der Waals surface area contributed by atoms with Crippen molar-refractivity contribution >= 4 is 16.5 Å². The summed E-state index contributed by atoms with van der Waals surface area (Å²) in [6.45, 7) is 7.73. The molecule has 0 radical (unpaired) electrons. The molecule has 3 nitrogen and oxygen atoms in total. The number of hydrogen-bond donors (Lipinski definition) is 1. The molecule has 1 fully saturated rings. The summed E-state index contributed by atoms with van der Waals surface area (Å²) < 4.78 is 0. The second kappa shape index (κ2) is 4.72. The Morgan fingerprint density at radius 1 is 1.50 bits per heavy atom. The van der Waals surface area contributed by atoms with Crippen molar-refractivity contribution in [1.29, 1.82) is 0 Å². The molecule has 1 aliphatic rings. The first-order valence-corrected chi connectivity index (χ1v) is 6.95. The Hall–Kier alpha value is -0.610. The third kappa shape index (κ3) is 2.23. The fourth-order valence-electron chi connectivity index (χ4n) is 2.34. The van der Waals surface area contributed by atoms with E-state index in [-0.39, 0.29) is 6.04 Å². The lowest BCUT2D eigenvalue weighted by Gasteiger charge is -2.27. The molecule has 2 atom stereocenters. The minimum atomic E-state index is 0.0464. The highest BCUT2D eigenvalue weighted by molar-refractivity contribution is 7.13. The summed E-state index contributed by atoms with van der Waals surface area (Å²) in [4.78, 5) is 7.10. The van der Waals surface area contributed by atoms with Gasteiger partial charge >= 0.3 is 0 Å². The summed E-state index contributed by atoms with van der Waals surface area (Å²) in [5.41, 5.74) is 6.87. The van der Waals surface area contributed by atoms with Crippen molar-refractivity contribution in [2.75, 3.05) is 11.4 Å². The van der Waals surface area contributed by atoms with E-state index in [1.807, 2.05) is 6.92 Å². The predicted molar refractivity (Wildman–Crippen MR) is 69.9 cm³/mol. The Balaban J connectivity index is 2.16. The number of nitrogens with zero attached hydrogens (tertiary/aromatic N) is 2. The Labute approximate surface area is 102 Å². The monoisotopic (exact) mass is 239 g/mol. The first-order valence-electron chi connectivity index (χ1n) is 6.07. The minimum absolute atomic E-state index is 0.0464. The van der Waals surface area contributed by atoms with Crippen LogP contribution in [0.5, 0.6) is 0 Å². The smallest absolute Gasteiger partial charge is 0.185 e. The van der Waals surface area contributed by atoms with Crippen molar-refractivity contribution in [2.24, 2.45) is 11.7 Å². The molecule has 16 heavy (non-hydrogen) atoms. The fourth-order valence-corrected chi connectivity index (χ4v) is 3.35. The van der Waals surface area contributed by atoms with Crippen LogP contribution >= 0.6 is 11.3 Å². The van der Waals surface area contributed by atoms with Crippen LogP contribution < -0.4 is 10.6 Å². The summed E-state index contributed by atoms with van der Waals surface area (Å²) >= 11 is 1.73. The van der Waals surface area contributed by atoms with Crippen molar-refractivity contribution in [1.82, 2.24) is 4.98 Å². The summed E-state index contributed by atoms with van der Waals surface area (Å²) in [6.07, 6.45) is 2.58. The average molecular weight is 239 g/mol. The van der Waals surface area contributed by atoms with Gasteiger partial charge in [-0.15, -0.1) is 11.3 Å². The van der Waals surface area contributed by atoms with Gasteiger partial charge in [-0.25, -0.2) is 4.98 Å². The van der Waals surface area contributed by atoms with Crippen LogP contribution in [-0.2, 0) is 0 Å². The number of nitrogens with two attached hydrogens (primary N) is 1. The number of thiazole rings is 1. The molecule has 1 aliphatic heterocycles. The fraction of sp³-hybridized carbons (Fsp3) is 0.750. The number of hydrogen-bond acceptors (Lipinski definition) is 4. The Kier molecular flexibility index (Phi) is 3.50. The van der Waals surface area contributed by atoms with Gasteiger partial charge in [-0.2, -0.15) is 0 Å². The zero-order valence-electron chi connectivity index (χ0n) is 10.3. The molecular formula is C12H21N3S. The van der Waals surface area contributed by atoms with Gasteiger partial charge in [-0.05, 0) is 25.7 Å². The van der Waals surface area contributed by atoms with Crippen molar-refractivity contribution in [3.05, 3.63) is 11.1 Å². The molecule has 2 unspecified atom stereocenters. The van der Waals surface area contributed by atoms with E-state index in [0.717, 1.165) is 17.4 Å². The second-order valence-corrected chi connectivity index (χ2v) is 5.83. The topological polar surface area (TPSA) is 42.1 Å². The standard InChI is InChI=1S/C12H21N3S/c1-8(2)11-5-4-6-15(11)12-14-10(7-16-12)9(3)13/h7-9,11H,4-6,13H2,1-3H3. The zero-order valence-corrected chi connectivity index (χ0v) is 11.1. The van der Waals surface area contributed by atoms with E-state index in [2.05, 4.69) is 29.1 Å². The summed E-state index contributed by atoms with van der Waals surface area (Å²) in [7, 11) is 0. The maximum Gasteiger partial charge on any atom is 0.185 e. The van der Waals surface area contributed by atoms with Crippen LogP contribution in [0.15, 0.2) is 5.38 Å². The molecule has 4 heteroatoms. The molecule has 0 aliphatic carbocycles. The van der Waals surface area contributed by atoms with E-state index in [1.54, 1.807) is 11.3 Å². The van der Waals surface area contributed by atoms with Crippen molar-refractivity contribution in [3.8, 4) is 0 Å². The average Bonchev–Trinajstić information content (AvgIpc) is 2.86. The van der Waals surface area contributed by atoms with E-state index in [9.17, 15) is 0 Å². The number of rotatable bonds is 3. The SMILES string of the molecule is CC(N)c1csc(N2CCCC2C(C)C)n1. The molecule has 1 aromatic heterocycles. The third-order valence-corrected chi connectivity index (χ3v) is 4.19. The molecule has 0 amide bonds. The van der Waals surface area contributed by atoms with Crippen LogP contribution in [0.4, 0.5) is 5.13 Å². The van der Waals surface area contributed by atoms with Crippen LogP contribution in [0.1, 0.15) is 45.3 Å². The molecule has 0 saturated carbocycles. The molecule has 2 N–H and O–H groups in total. The highest BCUT2D eigenvalue weighted by atomic mass is 32.1. The maximum absolute atomic E-state index is 5.85. The van der Waals surface area contributed by atoms with Crippen molar-refractivity contribution in [3.63, 3.8) is 0 Å². The van der Waals surface area contributed by atoms with Crippen molar-refractivity contribution in [2.45, 2.75) is 45.7 Å². The van der Waals surface area contributed by atoms with Gasteiger partial charge in [-0.3, -0.25) is 0 Å².